The van der Waals surface area contributed by atoms with Gasteiger partial charge in [-0.2, -0.15) is 0 Å². The fourth-order valence-electron chi connectivity index (χ4n) is 1.51. The second kappa shape index (κ2) is 6.84. The Morgan fingerprint density at radius 2 is 2.06 bits per heavy atom. The van der Waals surface area contributed by atoms with Crippen LogP contribution in [0.4, 0.5) is 0 Å². The lowest BCUT2D eigenvalue weighted by Crippen LogP contribution is -2.15. The molecule has 0 aliphatic rings. The third-order valence-electron chi connectivity index (χ3n) is 2.48. The maximum Gasteiger partial charge on any atom is 0.125 e. The Morgan fingerprint density at radius 1 is 1.35 bits per heavy atom. The van der Waals surface area contributed by atoms with Crippen LogP contribution >= 0.6 is 11.6 Å². The smallest absolute Gasteiger partial charge is 0.125 e. The predicted octanol–water partition coefficient (Wildman–Crippen LogP) is 3.20. The van der Waals surface area contributed by atoms with Gasteiger partial charge >= 0.3 is 0 Å². The fourth-order valence-corrected chi connectivity index (χ4v) is 1.69. The molecule has 96 valence electrons. The highest BCUT2D eigenvalue weighted by atomic mass is 35.5. The minimum Gasteiger partial charge on any atom is -0.490 e. The first-order chi connectivity index (χ1) is 8.04. The minimum absolute atomic E-state index is 0.0358. The number of benzene rings is 1. The van der Waals surface area contributed by atoms with E-state index in [1.165, 1.54) is 0 Å². The summed E-state index contributed by atoms with van der Waals surface area (Å²) in [5.41, 5.74) is 0.710. The zero-order valence-corrected chi connectivity index (χ0v) is 11.2. The van der Waals surface area contributed by atoms with Gasteiger partial charge in [-0.1, -0.05) is 11.6 Å². The van der Waals surface area contributed by atoms with E-state index >= 15 is 0 Å². The van der Waals surface area contributed by atoms with Gasteiger partial charge in [-0.3, -0.25) is 0 Å². The van der Waals surface area contributed by atoms with Crippen LogP contribution in [0.1, 0.15) is 31.9 Å². The Morgan fingerprint density at radius 3 is 2.65 bits per heavy atom. The molecule has 0 amide bonds. The summed E-state index contributed by atoms with van der Waals surface area (Å²) >= 11 is 5.89. The normalized spacial score (nSPS) is 14.4. The summed E-state index contributed by atoms with van der Waals surface area (Å²) in [5.74, 6) is 0.674. The first-order valence-electron chi connectivity index (χ1n) is 5.67. The van der Waals surface area contributed by atoms with Gasteiger partial charge in [0, 0.05) is 30.7 Å². The number of ether oxygens (including phenoxy) is 2. The maximum absolute atomic E-state index is 9.65. The molecule has 0 heterocycles. The van der Waals surface area contributed by atoms with Gasteiger partial charge in [-0.25, -0.2) is 0 Å². The molecule has 0 saturated carbocycles. The van der Waals surface area contributed by atoms with Crippen molar-refractivity contribution in [3.63, 3.8) is 0 Å². The average molecular weight is 259 g/mol. The molecular weight excluding hydrogens is 240 g/mol. The highest BCUT2D eigenvalue weighted by Crippen LogP contribution is 2.29. The van der Waals surface area contributed by atoms with Crippen LogP contribution in [-0.2, 0) is 4.74 Å². The van der Waals surface area contributed by atoms with Gasteiger partial charge in [-0.05, 0) is 32.0 Å². The molecule has 0 aromatic heterocycles. The summed E-state index contributed by atoms with van der Waals surface area (Å²) in [4.78, 5) is 0. The van der Waals surface area contributed by atoms with Crippen molar-refractivity contribution in [2.75, 3.05) is 13.7 Å². The summed E-state index contributed by atoms with van der Waals surface area (Å²) in [6.07, 6.45) is 0.241. The summed E-state index contributed by atoms with van der Waals surface area (Å²) in [6.45, 7) is 4.32. The SMILES string of the molecule is COCCC(C)Oc1ccc(Cl)cc1[C@@H](C)O. The van der Waals surface area contributed by atoms with Gasteiger partial charge in [0.2, 0.25) is 0 Å². The van der Waals surface area contributed by atoms with E-state index in [1.54, 1.807) is 32.2 Å². The number of methoxy groups -OCH3 is 1. The number of hydrogen-bond acceptors (Lipinski definition) is 3. The van der Waals surface area contributed by atoms with Gasteiger partial charge in [0.05, 0.1) is 12.2 Å². The quantitative estimate of drug-likeness (QED) is 0.852. The highest BCUT2D eigenvalue weighted by Gasteiger charge is 2.12. The molecule has 4 heteroatoms. The third-order valence-corrected chi connectivity index (χ3v) is 2.71. The lowest BCUT2D eigenvalue weighted by molar-refractivity contribution is 0.130. The van der Waals surface area contributed by atoms with Crippen molar-refractivity contribution in [3.05, 3.63) is 28.8 Å². The summed E-state index contributed by atoms with van der Waals surface area (Å²) in [5, 5.41) is 10.2. The largest absolute Gasteiger partial charge is 0.490 e. The molecule has 0 saturated heterocycles. The molecule has 1 aromatic rings. The van der Waals surface area contributed by atoms with Crippen molar-refractivity contribution in [2.45, 2.75) is 32.5 Å². The van der Waals surface area contributed by atoms with E-state index in [0.717, 1.165) is 6.42 Å². The number of aliphatic hydroxyl groups excluding tert-OH is 1. The Kier molecular flexibility index (Phi) is 5.75. The first-order valence-corrected chi connectivity index (χ1v) is 6.05. The van der Waals surface area contributed by atoms with E-state index in [4.69, 9.17) is 21.1 Å². The van der Waals surface area contributed by atoms with Crippen molar-refractivity contribution >= 4 is 11.6 Å². The van der Waals surface area contributed by atoms with Crippen LogP contribution in [0, 0.1) is 0 Å². The molecular formula is C13H19ClO3. The number of rotatable bonds is 6. The topological polar surface area (TPSA) is 38.7 Å². The van der Waals surface area contributed by atoms with E-state index < -0.39 is 6.10 Å². The third kappa shape index (κ3) is 4.54. The number of halogens is 1. The second-order valence-electron chi connectivity index (χ2n) is 4.07. The van der Waals surface area contributed by atoms with Crippen molar-refractivity contribution in [1.82, 2.24) is 0 Å². The van der Waals surface area contributed by atoms with Crippen LogP contribution in [-0.4, -0.2) is 24.9 Å². The zero-order chi connectivity index (χ0) is 12.8. The van der Waals surface area contributed by atoms with Crippen LogP contribution < -0.4 is 4.74 Å². The molecule has 1 N–H and O–H groups in total. The van der Waals surface area contributed by atoms with E-state index in [2.05, 4.69) is 0 Å². The molecule has 0 fully saturated rings. The van der Waals surface area contributed by atoms with E-state index in [1.807, 2.05) is 6.92 Å². The summed E-state index contributed by atoms with van der Waals surface area (Å²) < 4.78 is 10.8. The van der Waals surface area contributed by atoms with E-state index in [-0.39, 0.29) is 6.10 Å². The molecule has 0 aliphatic heterocycles. The second-order valence-corrected chi connectivity index (χ2v) is 4.50. The minimum atomic E-state index is -0.599. The van der Waals surface area contributed by atoms with E-state index in [0.29, 0.717) is 22.9 Å². The van der Waals surface area contributed by atoms with Crippen LogP contribution in [0.2, 0.25) is 5.02 Å². The summed E-state index contributed by atoms with van der Waals surface area (Å²) in [6, 6.07) is 5.27. The first kappa shape index (κ1) is 14.3. The van der Waals surface area contributed by atoms with Crippen LogP contribution in [0.25, 0.3) is 0 Å². The highest BCUT2D eigenvalue weighted by molar-refractivity contribution is 6.30. The van der Waals surface area contributed by atoms with Gasteiger partial charge in [0.25, 0.3) is 0 Å². The molecule has 1 unspecified atom stereocenters. The monoisotopic (exact) mass is 258 g/mol. The average Bonchev–Trinajstić information content (AvgIpc) is 2.28. The van der Waals surface area contributed by atoms with Gasteiger partial charge in [0.1, 0.15) is 5.75 Å². The van der Waals surface area contributed by atoms with Gasteiger partial charge in [-0.15, -0.1) is 0 Å². The molecule has 2 atom stereocenters. The molecule has 0 radical (unpaired) electrons. The van der Waals surface area contributed by atoms with Crippen LogP contribution in [0.5, 0.6) is 5.75 Å². The Hall–Kier alpha value is -0.770. The maximum atomic E-state index is 9.65. The van der Waals surface area contributed by atoms with Crippen molar-refractivity contribution in [2.24, 2.45) is 0 Å². The fraction of sp³-hybridized carbons (Fsp3) is 0.538. The molecule has 0 aliphatic carbocycles. The molecule has 3 nitrogen and oxygen atoms in total. The van der Waals surface area contributed by atoms with Crippen molar-refractivity contribution in [1.29, 1.82) is 0 Å². The van der Waals surface area contributed by atoms with Crippen molar-refractivity contribution < 1.29 is 14.6 Å². The zero-order valence-electron chi connectivity index (χ0n) is 10.4. The Bertz CT molecular complexity index is 353. The summed E-state index contributed by atoms with van der Waals surface area (Å²) in [7, 11) is 1.66. The number of hydrogen-bond donors (Lipinski definition) is 1. The Balaban J connectivity index is 2.76. The standard InChI is InChI=1S/C13H19ClO3/c1-9(6-7-16-3)17-13-5-4-11(14)8-12(13)10(2)15/h4-5,8-10,15H,6-7H2,1-3H3/t9?,10-/m1/s1. The van der Waals surface area contributed by atoms with Crippen LogP contribution in [0.15, 0.2) is 18.2 Å². The molecule has 1 aromatic carbocycles. The van der Waals surface area contributed by atoms with Gasteiger partial charge < -0.3 is 14.6 Å². The Labute approximate surface area is 107 Å². The van der Waals surface area contributed by atoms with Crippen molar-refractivity contribution in [3.8, 4) is 5.75 Å². The predicted molar refractivity (Wildman–Crippen MR) is 68.7 cm³/mol. The van der Waals surface area contributed by atoms with Crippen LogP contribution in [0.3, 0.4) is 0 Å². The molecule has 1 rings (SSSR count). The molecule has 17 heavy (non-hydrogen) atoms. The lowest BCUT2D eigenvalue weighted by Gasteiger charge is -2.18. The van der Waals surface area contributed by atoms with Gasteiger partial charge in [0.15, 0.2) is 0 Å². The lowest BCUT2D eigenvalue weighted by atomic mass is 10.1. The molecule has 0 bridgehead atoms. The molecule has 0 spiro atoms. The van der Waals surface area contributed by atoms with E-state index in [9.17, 15) is 5.11 Å². The number of aliphatic hydroxyl groups is 1.